The van der Waals surface area contributed by atoms with E-state index in [-0.39, 0.29) is 17.9 Å². The molecule has 0 unspecified atom stereocenters. The highest BCUT2D eigenvalue weighted by molar-refractivity contribution is 5.75. The topological polar surface area (TPSA) is 71.1 Å². The Kier molecular flexibility index (Phi) is 7.22. The summed E-state index contributed by atoms with van der Waals surface area (Å²) < 4.78 is 0. The van der Waals surface area contributed by atoms with Crippen LogP contribution in [0, 0.1) is 11.8 Å². The summed E-state index contributed by atoms with van der Waals surface area (Å²) in [6.45, 7) is 4.36. The summed E-state index contributed by atoms with van der Waals surface area (Å²) in [5.74, 6) is 1.10. The fourth-order valence-electron chi connectivity index (χ4n) is 3.51. The molecule has 2 rings (SSSR count). The third kappa shape index (κ3) is 5.62. The third-order valence-electron chi connectivity index (χ3n) is 4.79. The van der Waals surface area contributed by atoms with Crippen molar-refractivity contribution in [1.29, 1.82) is 0 Å². The molecule has 0 saturated heterocycles. The Bertz CT molecular complexity index is 525. The summed E-state index contributed by atoms with van der Waals surface area (Å²) in [6, 6.07) is 5.83. The molecule has 0 aliphatic heterocycles. The van der Waals surface area contributed by atoms with Gasteiger partial charge in [0.2, 0.25) is 11.8 Å². The van der Waals surface area contributed by atoms with Crippen molar-refractivity contribution in [3.8, 4) is 0 Å². The van der Waals surface area contributed by atoms with Crippen LogP contribution in [0.1, 0.15) is 64.1 Å². The van der Waals surface area contributed by atoms with Crippen molar-refractivity contribution in [3.63, 3.8) is 0 Å². The number of hydrogen-bond acceptors (Lipinski definition) is 3. The second-order valence-electron chi connectivity index (χ2n) is 6.77. The molecule has 1 atom stereocenters. The van der Waals surface area contributed by atoms with Crippen molar-refractivity contribution in [3.05, 3.63) is 30.1 Å². The van der Waals surface area contributed by atoms with Crippen LogP contribution in [0.3, 0.4) is 0 Å². The van der Waals surface area contributed by atoms with Gasteiger partial charge in [-0.3, -0.25) is 14.6 Å². The number of nitrogens with zero attached hydrogens (tertiary/aromatic N) is 1. The second kappa shape index (κ2) is 9.40. The number of carbonyl (C=O) groups excluding carboxylic acids is 2. The number of rotatable bonds is 7. The predicted molar refractivity (Wildman–Crippen MR) is 94.2 cm³/mol. The van der Waals surface area contributed by atoms with E-state index in [0.29, 0.717) is 18.3 Å². The highest BCUT2D eigenvalue weighted by Crippen LogP contribution is 2.36. The lowest BCUT2D eigenvalue weighted by atomic mass is 9.77. The first kappa shape index (κ1) is 18.4. The van der Waals surface area contributed by atoms with E-state index in [1.54, 1.807) is 13.1 Å². The fourth-order valence-corrected chi connectivity index (χ4v) is 3.51. The second-order valence-corrected chi connectivity index (χ2v) is 6.77. The van der Waals surface area contributed by atoms with E-state index in [1.165, 1.54) is 0 Å². The van der Waals surface area contributed by atoms with Crippen LogP contribution in [0.4, 0.5) is 0 Å². The SMILES string of the molecule is CCCC(=O)NCC1CCC([C@@H](NC(C)=O)c2ccccn2)CC1. The maximum Gasteiger partial charge on any atom is 0.219 e. The van der Waals surface area contributed by atoms with Crippen LogP contribution < -0.4 is 10.6 Å². The molecule has 5 heteroatoms. The normalized spacial score (nSPS) is 21.8. The van der Waals surface area contributed by atoms with Crippen LogP contribution in [-0.4, -0.2) is 23.3 Å². The number of carbonyl (C=O) groups is 2. The van der Waals surface area contributed by atoms with Gasteiger partial charge in [-0.25, -0.2) is 0 Å². The summed E-state index contributed by atoms with van der Waals surface area (Å²) in [5.41, 5.74) is 0.937. The largest absolute Gasteiger partial charge is 0.356 e. The van der Waals surface area contributed by atoms with Gasteiger partial charge in [0.05, 0.1) is 11.7 Å². The van der Waals surface area contributed by atoms with E-state index < -0.39 is 0 Å². The summed E-state index contributed by atoms with van der Waals surface area (Å²) in [4.78, 5) is 27.6. The van der Waals surface area contributed by atoms with Crippen LogP contribution in [0.5, 0.6) is 0 Å². The van der Waals surface area contributed by atoms with Crippen LogP contribution in [0.15, 0.2) is 24.4 Å². The lowest BCUT2D eigenvalue weighted by Crippen LogP contribution is -2.36. The van der Waals surface area contributed by atoms with Crippen molar-refractivity contribution < 1.29 is 9.59 Å². The maximum absolute atomic E-state index is 11.6. The summed E-state index contributed by atoms with van der Waals surface area (Å²) in [7, 11) is 0. The molecule has 132 valence electrons. The zero-order valence-electron chi connectivity index (χ0n) is 14.8. The number of hydrogen-bond donors (Lipinski definition) is 2. The van der Waals surface area contributed by atoms with Crippen molar-refractivity contribution in [1.82, 2.24) is 15.6 Å². The van der Waals surface area contributed by atoms with Gasteiger partial charge in [0.15, 0.2) is 0 Å². The molecule has 1 aliphatic carbocycles. The van der Waals surface area contributed by atoms with Crippen LogP contribution in [-0.2, 0) is 9.59 Å². The van der Waals surface area contributed by atoms with Crippen LogP contribution in [0.25, 0.3) is 0 Å². The van der Waals surface area contributed by atoms with Gasteiger partial charge in [-0.15, -0.1) is 0 Å². The molecule has 0 aromatic carbocycles. The molecule has 1 aromatic rings. The highest BCUT2D eigenvalue weighted by Gasteiger charge is 2.30. The molecule has 2 N–H and O–H groups in total. The Morgan fingerprint density at radius 1 is 1.25 bits per heavy atom. The summed E-state index contributed by atoms with van der Waals surface area (Å²) in [5, 5.41) is 6.12. The molecule has 0 bridgehead atoms. The fraction of sp³-hybridized carbons (Fsp3) is 0.632. The number of nitrogens with one attached hydrogen (secondary N) is 2. The standard InChI is InChI=1S/C19H29N3O2/c1-3-6-18(24)21-13-15-8-10-16(11-9-15)19(22-14(2)23)17-7-4-5-12-20-17/h4-5,7,12,15-16,19H,3,6,8-11,13H2,1-2H3,(H,21,24)(H,22,23)/t15?,16?,19-/m1/s1. The molecule has 5 nitrogen and oxygen atoms in total. The lowest BCUT2D eigenvalue weighted by Gasteiger charge is -2.34. The Hall–Kier alpha value is -1.91. The average molecular weight is 331 g/mol. The van der Waals surface area contributed by atoms with Gasteiger partial charge in [0.25, 0.3) is 0 Å². The zero-order valence-corrected chi connectivity index (χ0v) is 14.8. The minimum atomic E-state index is -0.0145. The molecule has 1 heterocycles. The van der Waals surface area contributed by atoms with E-state index in [9.17, 15) is 9.59 Å². The predicted octanol–water partition coefficient (Wildman–Crippen LogP) is 2.98. The molecule has 1 aromatic heterocycles. The number of aromatic nitrogens is 1. The van der Waals surface area contributed by atoms with Gasteiger partial charge in [-0.2, -0.15) is 0 Å². The third-order valence-corrected chi connectivity index (χ3v) is 4.79. The minimum Gasteiger partial charge on any atom is -0.356 e. The van der Waals surface area contributed by atoms with Gasteiger partial charge >= 0.3 is 0 Å². The minimum absolute atomic E-state index is 0.0143. The Balaban J connectivity index is 1.88. The first-order valence-electron chi connectivity index (χ1n) is 9.04. The van der Waals surface area contributed by atoms with Crippen molar-refractivity contribution >= 4 is 11.8 Å². The quantitative estimate of drug-likeness (QED) is 0.807. The van der Waals surface area contributed by atoms with Crippen molar-refractivity contribution in [2.24, 2.45) is 11.8 Å². The zero-order chi connectivity index (χ0) is 17.4. The monoisotopic (exact) mass is 331 g/mol. The number of amides is 2. The summed E-state index contributed by atoms with van der Waals surface area (Å²) in [6.07, 6.45) is 7.55. The smallest absolute Gasteiger partial charge is 0.219 e. The lowest BCUT2D eigenvalue weighted by molar-refractivity contribution is -0.122. The molecule has 2 amide bonds. The molecule has 1 saturated carbocycles. The molecule has 1 aliphatic rings. The van der Waals surface area contributed by atoms with Crippen molar-refractivity contribution in [2.75, 3.05) is 6.54 Å². The molecular weight excluding hydrogens is 302 g/mol. The van der Waals surface area contributed by atoms with Crippen LogP contribution in [0.2, 0.25) is 0 Å². The van der Waals surface area contributed by atoms with E-state index in [2.05, 4.69) is 15.6 Å². The maximum atomic E-state index is 11.6. The number of pyridine rings is 1. The van der Waals surface area contributed by atoms with Crippen LogP contribution >= 0.6 is 0 Å². The average Bonchev–Trinajstić information content (AvgIpc) is 2.59. The van der Waals surface area contributed by atoms with Gasteiger partial charge in [0.1, 0.15) is 0 Å². The van der Waals surface area contributed by atoms with E-state index in [0.717, 1.165) is 44.3 Å². The molecule has 0 spiro atoms. The van der Waals surface area contributed by atoms with E-state index in [1.807, 2.05) is 25.1 Å². The first-order chi connectivity index (χ1) is 11.6. The Morgan fingerprint density at radius 2 is 2.00 bits per heavy atom. The van der Waals surface area contributed by atoms with Crippen molar-refractivity contribution in [2.45, 2.75) is 58.4 Å². The summed E-state index contributed by atoms with van der Waals surface area (Å²) >= 11 is 0. The first-order valence-corrected chi connectivity index (χ1v) is 9.04. The van der Waals surface area contributed by atoms with Gasteiger partial charge in [-0.05, 0) is 56.1 Å². The highest BCUT2D eigenvalue weighted by atomic mass is 16.2. The Labute approximate surface area is 144 Å². The van der Waals surface area contributed by atoms with E-state index >= 15 is 0 Å². The van der Waals surface area contributed by atoms with Gasteiger partial charge in [0, 0.05) is 26.1 Å². The van der Waals surface area contributed by atoms with Gasteiger partial charge in [-0.1, -0.05) is 13.0 Å². The molecular formula is C19H29N3O2. The molecule has 1 fully saturated rings. The molecule has 24 heavy (non-hydrogen) atoms. The molecule has 0 radical (unpaired) electrons. The Morgan fingerprint density at radius 3 is 2.58 bits per heavy atom. The van der Waals surface area contributed by atoms with Gasteiger partial charge < -0.3 is 10.6 Å². The van der Waals surface area contributed by atoms with E-state index in [4.69, 9.17) is 0 Å².